The van der Waals surface area contributed by atoms with Crippen LogP contribution in [0.3, 0.4) is 0 Å². The largest absolute Gasteiger partial charge is 0.398 e. The number of hydrogen-bond acceptors (Lipinski definition) is 3. The van der Waals surface area contributed by atoms with Gasteiger partial charge in [0.2, 0.25) is 0 Å². The van der Waals surface area contributed by atoms with Gasteiger partial charge >= 0.3 is 0 Å². The van der Waals surface area contributed by atoms with Crippen LogP contribution in [0.5, 0.6) is 0 Å². The van der Waals surface area contributed by atoms with Crippen LogP contribution < -0.4 is 5.73 Å². The molecule has 0 aromatic heterocycles. The highest BCUT2D eigenvalue weighted by Gasteiger charge is 2.12. The summed E-state index contributed by atoms with van der Waals surface area (Å²) in [6, 6.07) is 3.80. The van der Waals surface area contributed by atoms with Gasteiger partial charge in [-0.05, 0) is 36.1 Å². The van der Waals surface area contributed by atoms with Gasteiger partial charge in [0.05, 0.1) is 5.71 Å². The van der Waals surface area contributed by atoms with Crippen LogP contribution in [0.2, 0.25) is 0 Å². The maximum absolute atomic E-state index is 8.34. The molecule has 1 aliphatic rings. The Bertz CT molecular complexity index is 636. The Morgan fingerprint density at radius 2 is 2.33 bits per heavy atom. The number of rotatable bonds is 5. The monoisotopic (exact) mass is 279 g/mol. The molecule has 0 fully saturated rings. The average Bonchev–Trinajstić information content (AvgIpc) is 2.53. The van der Waals surface area contributed by atoms with E-state index in [0.29, 0.717) is 11.4 Å². The third-order valence-electron chi connectivity index (χ3n) is 3.61. The number of nitrogens with two attached hydrogens (primary N) is 1. The van der Waals surface area contributed by atoms with Crippen molar-refractivity contribution >= 4 is 23.7 Å². The minimum Gasteiger partial charge on any atom is -0.398 e. The fourth-order valence-electron chi connectivity index (χ4n) is 2.50. The molecule has 1 heterocycles. The fourth-order valence-corrected chi connectivity index (χ4v) is 2.50. The molecule has 1 unspecified atom stereocenters. The van der Waals surface area contributed by atoms with Crippen LogP contribution in [0, 0.1) is 11.3 Å². The lowest BCUT2D eigenvalue weighted by Crippen LogP contribution is -2.08. The summed E-state index contributed by atoms with van der Waals surface area (Å²) < 4.78 is 0. The zero-order chi connectivity index (χ0) is 15.2. The number of nitrogens with zero attached hydrogens (tertiary/aromatic N) is 1. The van der Waals surface area contributed by atoms with Crippen molar-refractivity contribution in [2.75, 3.05) is 5.73 Å². The van der Waals surface area contributed by atoms with Crippen LogP contribution in [0.25, 0.3) is 6.08 Å². The maximum atomic E-state index is 8.34. The first-order valence-corrected chi connectivity index (χ1v) is 7.16. The molecule has 3 nitrogen and oxygen atoms in total. The highest BCUT2D eigenvalue weighted by Crippen LogP contribution is 2.24. The summed E-state index contributed by atoms with van der Waals surface area (Å²) >= 11 is 0. The Morgan fingerprint density at radius 3 is 2.95 bits per heavy atom. The van der Waals surface area contributed by atoms with Crippen molar-refractivity contribution in [2.24, 2.45) is 10.9 Å². The van der Waals surface area contributed by atoms with Gasteiger partial charge in [0.15, 0.2) is 0 Å². The molecule has 0 spiro atoms. The van der Waals surface area contributed by atoms with Crippen LogP contribution in [-0.4, -0.2) is 11.9 Å². The molecule has 3 N–H and O–H groups in total. The molecule has 0 amide bonds. The van der Waals surface area contributed by atoms with Crippen molar-refractivity contribution in [3.05, 3.63) is 59.8 Å². The topological polar surface area (TPSA) is 62.2 Å². The molecule has 1 aliphatic heterocycles. The lowest BCUT2D eigenvalue weighted by Gasteiger charge is -2.14. The highest BCUT2D eigenvalue weighted by atomic mass is 14.7. The molecule has 0 saturated carbocycles. The van der Waals surface area contributed by atoms with Gasteiger partial charge in [0.25, 0.3) is 0 Å². The Hall–Kier alpha value is -2.42. The van der Waals surface area contributed by atoms with Crippen molar-refractivity contribution in [1.29, 1.82) is 5.41 Å². The molecule has 1 atom stereocenters. The van der Waals surface area contributed by atoms with Gasteiger partial charge in [-0.3, -0.25) is 4.99 Å². The highest BCUT2D eigenvalue weighted by molar-refractivity contribution is 6.11. The Kier molecular flexibility index (Phi) is 4.88. The number of allylic oxidation sites excluding steroid dienone is 3. The van der Waals surface area contributed by atoms with Crippen molar-refractivity contribution in [2.45, 2.75) is 19.8 Å². The summed E-state index contributed by atoms with van der Waals surface area (Å²) in [6.45, 7) is 5.91. The molecule has 0 bridgehead atoms. The van der Waals surface area contributed by atoms with E-state index in [1.165, 1.54) is 0 Å². The van der Waals surface area contributed by atoms with E-state index < -0.39 is 0 Å². The molecule has 2 rings (SSSR count). The van der Waals surface area contributed by atoms with E-state index >= 15 is 0 Å². The van der Waals surface area contributed by atoms with Gasteiger partial charge in [-0.25, -0.2) is 0 Å². The predicted octanol–water partition coefficient (Wildman–Crippen LogP) is 4.00. The molecule has 0 radical (unpaired) electrons. The summed E-state index contributed by atoms with van der Waals surface area (Å²) in [4.78, 5) is 4.12. The van der Waals surface area contributed by atoms with E-state index in [1.807, 2.05) is 42.7 Å². The average molecular weight is 279 g/mol. The zero-order valence-corrected chi connectivity index (χ0v) is 12.3. The first-order valence-electron chi connectivity index (χ1n) is 7.16. The third-order valence-corrected chi connectivity index (χ3v) is 3.61. The second-order valence-electron chi connectivity index (χ2n) is 5.01. The van der Waals surface area contributed by atoms with Crippen molar-refractivity contribution in [3.63, 3.8) is 0 Å². The fraction of sp³-hybridized carbons (Fsp3) is 0.222. The number of nitrogens with one attached hydrogen (secondary N) is 1. The van der Waals surface area contributed by atoms with Gasteiger partial charge in [0.1, 0.15) is 0 Å². The van der Waals surface area contributed by atoms with Crippen molar-refractivity contribution in [3.8, 4) is 0 Å². The Balaban J connectivity index is 2.30. The van der Waals surface area contributed by atoms with Crippen LogP contribution in [0.4, 0.5) is 5.69 Å². The van der Waals surface area contributed by atoms with E-state index in [9.17, 15) is 0 Å². The number of hydrogen-bond donors (Lipinski definition) is 2. The number of anilines is 1. The third kappa shape index (κ3) is 3.37. The minimum absolute atomic E-state index is 0.254. The minimum atomic E-state index is 0.254. The molecule has 21 heavy (non-hydrogen) atoms. The zero-order valence-electron chi connectivity index (χ0n) is 12.3. The normalized spacial score (nSPS) is 17.3. The van der Waals surface area contributed by atoms with E-state index in [0.717, 1.165) is 29.5 Å². The molecular formula is C18H21N3. The van der Waals surface area contributed by atoms with Gasteiger partial charge < -0.3 is 11.1 Å². The second kappa shape index (κ2) is 6.84. The molecule has 1 aromatic carbocycles. The van der Waals surface area contributed by atoms with Crippen molar-refractivity contribution < 1.29 is 0 Å². The maximum Gasteiger partial charge on any atom is 0.0632 e. The quantitative estimate of drug-likeness (QED) is 0.621. The van der Waals surface area contributed by atoms with E-state index in [1.54, 1.807) is 6.20 Å². The molecular weight excluding hydrogens is 258 g/mol. The smallest absolute Gasteiger partial charge is 0.0632 e. The van der Waals surface area contributed by atoms with E-state index in [-0.39, 0.29) is 5.92 Å². The van der Waals surface area contributed by atoms with Gasteiger partial charge in [-0.15, -0.1) is 0 Å². The van der Waals surface area contributed by atoms with E-state index in [4.69, 9.17) is 11.1 Å². The SMILES string of the molecule is C=Cc1ccc(N)c(C(=N)/C=C/C2C=NC=CC2)c1CC. The Labute approximate surface area is 126 Å². The standard InChI is InChI=1S/C18H21N3/c1-3-14-8-10-17(20)18(15(14)4-2)16(19)9-7-13-6-5-11-21-12-13/h3,5,7-13,19H,1,4,6,20H2,2H3/b9-7+,19-16?. The first kappa shape index (κ1) is 15.0. The lowest BCUT2D eigenvalue weighted by atomic mass is 9.93. The summed E-state index contributed by atoms with van der Waals surface area (Å²) in [6.07, 6.45) is 13.1. The number of benzene rings is 1. The van der Waals surface area contributed by atoms with Crippen molar-refractivity contribution in [1.82, 2.24) is 0 Å². The van der Waals surface area contributed by atoms with Crippen LogP contribution in [0.1, 0.15) is 30.0 Å². The molecule has 1 aromatic rings. The first-order chi connectivity index (χ1) is 10.2. The molecule has 0 saturated heterocycles. The summed E-state index contributed by atoms with van der Waals surface area (Å²) in [5.74, 6) is 0.254. The van der Waals surface area contributed by atoms with Gasteiger partial charge in [-0.2, -0.15) is 0 Å². The summed E-state index contributed by atoms with van der Waals surface area (Å²) in [5.41, 5.74) is 10.1. The van der Waals surface area contributed by atoms with Gasteiger partial charge in [-0.1, -0.05) is 37.8 Å². The summed E-state index contributed by atoms with van der Waals surface area (Å²) in [5, 5.41) is 8.34. The Morgan fingerprint density at radius 1 is 1.52 bits per heavy atom. The van der Waals surface area contributed by atoms with E-state index in [2.05, 4.69) is 18.5 Å². The molecule has 0 aliphatic carbocycles. The number of aliphatic imine (C=N–C) groups is 1. The van der Waals surface area contributed by atoms with Crippen LogP contribution >= 0.6 is 0 Å². The lowest BCUT2D eigenvalue weighted by molar-refractivity contribution is 0.883. The second-order valence-corrected chi connectivity index (χ2v) is 5.01. The molecule has 3 heteroatoms. The number of nitrogen functional groups attached to an aromatic ring is 1. The van der Waals surface area contributed by atoms with Crippen LogP contribution in [-0.2, 0) is 6.42 Å². The predicted molar refractivity (Wildman–Crippen MR) is 92.0 cm³/mol. The van der Waals surface area contributed by atoms with Gasteiger partial charge in [0, 0.05) is 29.6 Å². The molecule has 108 valence electrons. The van der Waals surface area contributed by atoms with Crippen LogP contribution in [0.15, 0.2) is 48.1 Å². The summed E-state index contributed by atoms with van der Waals surface area (Å²) in [7, 11) is 0.